The number of nitro groups is 1. The molecule has 3 aromatic rings. The highest BCUT2D eigenvalue weighted by atomic mass is 32.2. The fourth-order valence-corrected chi connectivity index (χ4v) is 4.73. The van der Waals surface area contributed by atoms with Crippen LogP contribution in [0.5, 0.6) is 0 Å². The molecule has 1 heterocycles. The van der Waals surface area contributed by atoms with Crippen LogP contribution in [0.3, 0.4) is 0 Å². The molecule has 0 bridgehead atoms. The van der Waals surface area contributed by atoms with Crippen LogP contribution in [0.25, 0.3) is 0 Å². The molecule has 0 unspecified atom stereocenters. The minimum absolute atomic E-state index is 0.100. The van der Waals surface area contributed by atoms with Crippen LogP contribution in [0, 0.1) is 30.9 Å². The first-order valence-electron chi connectivity index (χ1n) is 9.61. The Morgan fingerprint density at radius 2 is 1.71 bits per heavy atom. The van der Waals surface area contributed by atoms with E-state index in [1.807, 2.05) is 26.8 Å². The Balaban J connectivity index is 1.94. The van der Waals surface area contributed by atoms with Crippen molar-refractivity contribution in [3.63, 3.8) is 0 Å². The summed E-state index contributed by atoms with van der Waals surface area (Å²) in [4.78, 5) is 10.2. The lowest BCUT2D eigenvalue weighted by Crippen LogP contribution is -2.39. The first-order chi connectivity index (χ1) is 14.6. The Labute approximate surface area is 180 Å². The van der Waals surface area contributed by atoms with E-state index in [1.54, 1.807) is 28.9 Å². The number of hydrogen-bond acceptors (Lipinski definition) is 6. The molecule has 0 radical (unpaired) electrons. The Kier molecular flexibility index (Phi) is 6.42. The van der Waals surface area contributed by atoms with Crippen molar-refractivity contribution >= 4 is 21.4 Å². The van der Waals surface area contributed by atoms with Crippen LogP contribution in [-0.2, 0) is 16.6 Å². The molecule has 164 valence electrons. The maximum Gasteiger partial charge on any atom is 0.269 e. The van der Waals surface area contributed by atoms with E-state index in [0.29, 0.717) is 5.69 Å². The highest BCUT2D eigenvalue weighted by molar-refractivity contribution is 7.92. The van der Waals surface area contributed by atoms with Crippen LogP contribution in [-0.4, -0.2) is 40.9 Å². The average Bonchev–Trinajstić information content (AvgIpc) is 3.03. The molecule has 0 aliphatic heterocycles. The maximum atomic E-state index is 13.4. The zero-order valence-electron chi connectivity index (χ0n) is 17.5. The molecule has 1 N–H and O–H groups in total. The zero-order valence-corrected chi connectivity index (χ0v) is 18.3. The van der Waals surface area contributed by atoms with Gasteiger partial charge in [-0.15, -0.1) is 0 Å². The molecule has 31 heavy (non-hydrogen) atoms. The molecule has 0 saturated heterocycles. The van der Waals surface area contributed by atoms with Crippen molar-refractivity contribution in [3.8, 4) is 0 Å². The largest absolute Gasteiger partial charge is 0.389 e. The summed E-state index contributed by atoms with van der Waals surface area (Å²) >= 11 is 0. The second kappa shape index (κ2) is 8.86. The van der Waals surface area contributed by atoms with Gasteiger partial charge in [0, 0.05) is 17.8 Å². The molecular weight excluding hydrogens is 420 g/mol. The molecule has 0 aliphatic carbocycles. The second-order valence-electron chi connectivity index (χ2n) is 7.39. The minimum atomic E-state index is -4.08. The van der Waals surface area contributed by atoms with E-state index in [-0.39, 0.29) is 23.7 Å². The van der Waals surface area contributed by atoms with E-state index in [9.17, 15) is 23.6 Å². The van der Waals surface area contributed by atoms with Crippen molar-refractivity contribution in [2.24, 2.45) is 0 Å². The summed E-state index contributed by atoms with van der Waals surface area (Å²) in [5.74, 6) is 0. The lowest BCUT2D eigenvalue weighted by atomic mass is 10.2. The summed E-state index contributed by atoms with van der Waals surface area (Å²) in [5, 5.41) is 25.9. The van der Waals surface area contributed by atoms with Gasteiger partial charge in [0.1, 0.15) is 0 Å². The molecule has 0 spiro atoms. The van der Waals surface area contributed by atoms with Gasteiger partial charge in [-0.1, -0.05) is 17.7 Å². The highest BCUT2D eigenvalue weighted by Crippen LogP contribution is 2.26. The third-order valence-electron chi connectivity index (χ3n) is 4.82. The third-order valence-corrected chi connectivity index (χ3v) is 6.63. The number of nitro benzene ring substituents is 1. The number of aliphatic hydroxyl groups excluding tert-OH is 1. The molecule has 10 heteroatoms. The first-order valence-corrected chi connectivity index (χ1v) is 11.0. The minimum Gasteiger partial charge on any atom is -0.389 e. The van der Waals surface area contributed by atoms with Crippen LogP contribution in [0.4, 0.5) is 11.4 Å². The van der Waals surface area contributed by atoms with Crippen molar-refractivity contribution in [3.05, 3.63) is 81.7 Å². The van der Waals surface area contributed by atoms with E-state index >= 15 is 0 Å². The number of anilines is 1. The van der Waals surface area contributed by atoms with Crippen molar-refractivity contribution in [2.45, 2.75) is 38.3 Å². The number of nitrogens with zero attached hydrogens (tertiary/aromatic N) is 4. The van der Waals surface area contributed by atoms with E-state index in [1.165, 1.54) is 12.1 Å². The highest BCUT2D eigenvalue weighted by Gasteiger charge is 2.28. The molecule has 0 amide bonds. The number of aromatic nitrogens is 2. The lowest BCUT2D eigenvalue weighted by molar-refractivity contribution is -0.384. The molecule has 0 saturated carbocycles. The summed E-state index contributed by atoms with van der Waals surface area (Å²) in [5.41, 5.74) is 2.80. The summed E-state index contributed by atoms with van der Waals surface area (Å²) in [6.07, 6.45) is -1.04. The maximum absolute atomic E-state index is 13.4. The quantitative estimate of drug-likeness (QED) is 0.421. The van der Waals surface area contributed by atoms with Gasteiger partial charge >= 0.3 is 0 Å². The van der Waals surface area contributed by atoms with Crippen molar-refractivity contribution in [2.75, 3.05) is 10.8 Å². The van der Waals surface area contributed by atoms with Gasteiger partial charge < -0.3 is 5.11 Å². The molecule has 0 fully saturated rings. The molecule has 0 aliphatic rings. The average molecular weight is 445 g/mol. The van der Waals surface area contributed by atoms with Gasteiger partial charge in [-0.2, -0.15) is 5.10 Å². The number of sulfonamides is 1. The second-order valence-corrected chi connectivity index (χ2v) is 9.25. The van der Waals surface area contributed by atoms with Gasteiger partial charge in [0.05, 0.1) is 40.4 Å². The van der Waals surface area contributed by atoms with Crippen LogP contribution in [0.1, 0.15) is 17.0 Å². The summed E-state index contributed by atoms with van der Waals surface area (Å²) in [6.45, 7) is 5.50. The number of rotatable bonds is 8. The lowest BCUT2D eigenvalue weighted by Gasteiger charge is -2.27. The van der Waals surface area contributed by atoms with Crippen LogP contribution in [0.15, 0.2) is 59.5 Å². The van der Waals surface area contributed by atoms with Crippen molar-refractivity contribution in [1.82, 2.24) is 9.78 Å². The predicted molar refractivity (Wildman–Crippen MR) is 117 cm³/mol. The molecule has 1 aromatic heterocycles. The fraction of sp³-hybridized carbons (Fsp3) is 0.286. The Morgan fingerprint density at radius 3 is 2.23 bits per heavy atom. The normalized spacial score (nSPS) is 12.5. The van der Waals surface area contributed by atoms with Gasteiger partial charge in [0.25, 0.3) is 15.7 Å². The molecule has 9 nitrogen and oxygen atoms in total. The molecule has 1 atom stereocenters. The van der Waals surface area contributed by atoms with E-state index in [2.05, 4.69) is 5.10 Å². The predicted octanol–water partition coefficient (Wildman–Crippen LogP) is 2.97. The van der Waals surface area contributed by atoms with E-state index < -0.39 is 21.1 Å². The third kappa shape index (κ3) is 5.09. The number of aryl methyl sites for hydroxylation is 3. The fourth-order valence-electron chi connectivity index (χ4n) is 3.23. The Hall–Kier alpha value is -3.24. The monoisotopic (exact) mass is 444 g/mol. The van der Waals surface area contributed by atoms with Gasteiger partial charge in [0.2, 0.25) is 0 Å². The standard InChI is InChI=1S/C21H24N4O5S/c1-15-4-6-18(7-5-15)24(14-20(26)13-23-17(3)12-16(2)22-23)31(29,30)21-10-8-19(9-11-21)25(27)28/h4-12,20,26H,13-14H2,1-3H3/t20-/m0/s1. The zero-order chi connectivity index (χ0) is 22.8. The summed E-state index contributed by atoms with van der Waals surface area (Å²) in [7, 11) is -4.08. The SMILES string of the molecule is Cc1ccc(N(C[C@@H](O)Cn2nc(C)cc2C)S(=O)(=O)c2ccc([N+](=O)[O-])cc2)cc1. The molecule has 3 rings (SSSR count). The number of hydrogen-bond donors (Lipinski definition) is 1. The number of aliphatic hydroxyl groups is 1. The molecular formula is C21H24N4O5S. The van der Waals surface area contributed by atoms with Crippen LogP contribution in [0.2, 0.25) is 0 Å². The van der Waals surface area contributed by atoms with Crippen molar-refractivity contribution in [1.29, 1.82) is 0 Å². The van der Waals surface area contributed by atoms with Gasteiger partial charge in [-0.05, 0) is 51.1 Å². The van der Waals surface area contributed by atoms with Gasteiger partial charge in [-0.25, -0.2) is 8.42 Å². The summed E-state index contributed by atoms with van der Waals surface area (Å²) in [6, 6.07) is 13.4. The van der Waals surface area contributed by atoms with E-state index in [4.69, 9.17) is 0 Å². The number of non-ortho nitro benzene ring substituents is 1. The van der Waals surface area contributed by atoms with Gasteiger partial charge in [0.15, 0.2) is 0 Å². The van der Waals surface area contributed by atoms with Crippen molar-refractivity contribution < 1.29 is 18.4 Å². The van der Waals surface area contributed by atoms with Crippen LogP contribution >= 0.6 is 0 Å². The smallest absolute Gasteiger partial charge is 0.269 e. The van der Waals surface area contributed by atoms with Gasteiger partial charge in [-0.3, -0.25) is 19.1 Å². The summed E-state index contributed by atoms with van der Waals surface area (Å²) < 4.78 is 29.5. The van der Waals surface area contributed by atoms with Crippen LogP contribution < -0.4 is 4.31 Å². The number of benzene rings is 2. The molecule has 2 aromatic carbocycles. The first kappa shape index (κ1) is 22.4. The topological polar surface area (TPSA) is 119 Å². The van der Waals surface area contributed by atoms with E-state index in [0.717, 1.165) is 33.4 Å². The Bertz CT molecular complexity index is 1170. The Morgan fingerprint density at radius 1 is 1.10 bits per heavy atom.